The number of ether oxygens (including phenoxy) is 4. The van der Waals surface area contributed by atoms with Gasteiger partial charge in [0.25, 0.3) is 0 Å². The number of rotatable bonds is 3. The molecule has 6 heteroatoms. The van der Waals surface area contributed by atoms with Gasteiger partial charge in [0, 0.05) is 5.92 Å². The predicted octanol–water partition coefficient (Wildman–Crippen LogP) is 3.07. The van der Waals surface area contributed by atoms with Crippen LogP contribution in [0.25, 0.3) is 0 Å². The van der Waals surface area contributed by atoms with Gasteiger partial charge in [-0.25, -0.2) is 4.79 Å². The third-order valence-corrected chi connectivity index (χ3v) is 5.02. The summed E-state index contributed by atoms with van der Waals surface area (Å²) in [5.41, 5.74) is -0.609. The van der Waals surface area contributed by atoms with E-state index in [2.05, 4.69) is 0 Å². The van der Waals surface area contributed by atoms with E-state index in [-0.39, 0.29) is 45.1 Å². The summed E-state index contributed by atoms with van der Waals surface area (Å²) < 4.78 is 22.6. The van der Waals surface area contributed by atoms with Gasteiger partial charge in [0.05, 0.1) is 11.5 Å². The van der Waals surface area contributed by atoms with E-state index >= 15 is 0 Å². The van der Waals surface area contributed by atoms with E-state index in [9.17, 15) is 9.59 Å². The number of hydrogen-bond donors (Lipinski definition) is 0. The van der Waals surface area contributed by atoms with Crippen LogP contribution in [0.15, 0.2) is 0 Å². The van der Waals surface area contributed by atoms with Crippen molar-refractivity contribution in [1.82, 2.24) is 0 Å². The van der Waals surface area contributed by atoms with Gasteiger partial charge >= 0.3 is 11.9 Å². The van der Waals surface area contributed by atoms with E-state index in [1.165, 1.54) is 0 Å². The van der Waals surface area contributed by atoms with Crippen molar-refractivity contribution in [2.45, 2.75) is 92.5 Å². The van der Waals surface area contributed by atoms with Crippen LogP contribution in [0.4, 0.5) is 0 Å². The fourth-order valence-electron chi connectivity index (χ4n) is 3.35. The first kappa shape index (κ1) is 20.9. The molecule has 0 amide bonds. The van der Waals surface area contributed by atoms with Crippen LogP contribution in [0.3, 0.4) is 0 Å². The minimum Gasteiger partial charge on any atom is -0.456 e. The highest BCUT2D eigenvalue weighted by molar-refractivity contribution is 5.83. The molecule has 2 aliphatic heterocycles. The number of carbonyl (C=O) groups excluding carboxylic acids is 2. The van der Waals surface area contributed by atoms with E-state index < -0.39 is 23.3 Å². The maximum atomic E-state index is 12.2. The van der Waals surface area contributed by atoms with Gasteiger partial charge in [-0.3, -0.25) is 4.79 Å². The van der Waals surface area contributed by atoms with Crippen molar-refractivity contribution in [3.8, 4) is 0 Å². The molecule has 0 N–H and O–H groups in total. The zero-order valence-corrected chi connectivity index (χ0v) is 13.8. The summed E-state index contributed by atoms with van der Waals surface area (Å²) in [6.45, 7) is 9.23. The minimum absolute atomic E-state index is 0. The van der Waals surface area contributed by atoms with Gasteiger partial charge in [0.2, 0.25) is 6.10 Å². The zero-order chi connectivity index (χ0) is 16.3. The van der Waals surface area contributed by atoms with Crippen LogP contribution in [0.5, 0.6) is 0 Å². The summed E-state index contributed by atoms with van der Waals surface area (Å²) in [6, 6.07) is 0. The average Bonchev–Trinajstić information content (AvgIpc) is 2.98. The van der Waals surface area contributed by atoms with Crippen molar-refractivity contribution in [1.29, 1.82) is 0 Å². The number of fused-ring (bicyclic) bond motifs is 3. The summed E-state index contributed by atoms with van der Waals surface area (Å²) >= 11 is 0. The lowest BCUT2D eigenvalue weighted by molar-refractivity contribution is -0.170. The molecule has 5 atom stereocenters. The summed E-state index contributed by atoms with van der Waals surface area (Å²) in [5.74, 6) is -1.68. The van der Waals surface area contributed by atoms with Gasteiger partial charge in [-0.2, -0.15) is 0 Å². The molecule has 0 bridgehead atoms. The van der Waals surface area contributed by atoms with Crippen LogP contribution >= 0.6 is 0 Å². The standard InChI is InChI=1S/C16H24O6.2CH4/c1-6-15(2,3)14(18)20-11-8-7-9-12(10(8)19-13(11)17)22-16(4,5)21-9;;/h8-12H,6-7H2,1-5H3;2*1H4. The summed E-state index contributed by atoms with van der Waals surface area (Å²) in [5, 5.41) is 0. The Morgan fingerprint density at radius 3 is 2.46 bits per heavy atom. The van der Waals surface area contributed by atoms with E-state index in [1.807, 2.05) is 34.6 Å². The molecule has 24 heavy (non-hydrogen) atoms. The topological polar surface area (TPSA) is 71.1 Å². The molecule has 0 spiro atoms. The molecule has 6 nitrogen and oxygen atoms in total. The molecule has 0 aromatic rings. The molecule has 3 fully saturated rings. The summed E-state index contributed by atoms with van der Waals surface area (Å²) in [7, 11) is 0. The molecular formula is C18H32O6. The highest BCUT2D eigenvalue weighted by Crippen LogP contribution is 2.47. The van der Waals surface area contributed by atoms with Crippen LogP contribution in [0.1, 0.15) is 62.3 Å². The van der Waals surface area contributed by atoms with Crippen molar-refractivity contribution in [2.75, 3.05) is 0 Å². The Morgan fingerprint density at radius 1 is 1.25 bits per heavy atom. The Labute approximate surface area is 145 Å². The quantitative estimate of drug-likeness (QED) is 0.733. The van der Waals surface area contributed by atoms with E-state index in [0.29, 0.717) is 12.8 Å². The SMILES string of the molecule is C.C.CCC(C)(C)C(=O)OC1C(=O)OC2C1CC1OC(C)(C)OC12. The van der Waals surface area contributed by atoms with E-state index in [1.54, 1.807) is 0 Å². The largest absolute Gasteiger partial charge is 0.456 e. The maximum absolute atomic E-state index is 12.2. The first-order valence-corrected chi connectivity index (χ1v) is 7.92. The fourth-order valence-corrected chi connectivity index (χ4v) is 3.35. The van der Waals surface area contributed by atoms with Crippen LogP contribution in [0, 0.1) is 11.3 Å². The molecule has 140 valence electrons. The molecule has 5 unspecified atom stereocenters. The zero-order valence-electron chi connectivity index (χ0n) is 13.8. The van der Waals surface area contributed by atoms with Crippen molar-refractivity contribution >= 4 is 11.9 Å². The van der Waals surface area contributed by atoms with Gasteiger partial charge in [-0.15, -0.1) is 0 Å². The second-order valence-corrected chi connectivity index (χ2v) is 7.50. The van der Waals surface area contributed by atoms with Crippen LogP contribution < -0.4 is 0 Å². The first-order chi connectivity index (χ1) is 10.1. The predicted molar refractivity (Wildman–Crippen MR) is 89.2 cm³/mol. The molecule has 1 aliphatic carbocycles. The monoisotopic (exact) mass is 344 g/mol. The minimum atomic E-state index is -0.843. The van der Waals surface area contributed by atoms with E-state index in [0.717, 1.165) is 0 Å². The van der Waals surface area contributed by atoms with Crippen LogP contribution in [-0.4, -0.2) is 42.1 Å². The number of carbonyl (C=O) groups is 2. The van der Waals surface area contributed by atoms with Crippen molar-refractivity contribution in [3.05, 3.63) is 0 Å². The van der Waals surface area contributed by atoms with Crippen molar-refractivity contribution in [2.24, 2.45) is 11.3 Å². The van der Waals surface area contributed by atoms with E-state index in [4.69, 9.17) is 18.9 Å². The Bertz CT molecular complexity index is 498. The molecule has 2 heterocycles. The Balaban J connectivity index is 0.00000144. The molecule has 1 saturated carbocycles. The van der Waals surface area contributed by atoms with Crippen molar-refractivity contribution in [3.63, 3.8) is 0 Å². The third kappa shape index (κ3) is 3.31. The molecule has 0 aromatic heterocycles. The number of hydrogen-bond acceptors (Lipinski definition) is 6. The number of esters is 2. The molecule has 2 saturated heterocycles. The second kappa shape index (κ2) is 6.64. The highest BCUT2D eigenvalue weighted by atomic mass is 16.8. The lowest BCUT2D eigenvalue weighted by Crippen LogP contribution is -2.36. The Morgan fingerprint density at radius 2 is 1.88 bits per heavy atom. The molecule has 0 radical (unpaired) electrons. The smallest absolute Gasteiger partial charge is 0.348 e. The van der Waals surface area contributed by atoms with Gasteiger partial charge in [-0.05, 0) is 40.5 Å². The molecule has 0 aromatic carbocycles. The van der Waals surface area contributed by atoms with Gasteiger partial charge in [0.15, 0.2) is 5.79 Å². The summed E-state index contributed by atoms with van der Waals surface area (Å²) in [6.07, 6.45) is -0.362. The van der Waals surface area contributed by atoms with Gasteiger partial charge < -0.3 is 18.9 Å². The Hall–Kier alpha value is -1.14. The molecule has 3 rings (SSSR count). The lowest BCUT2D eigenvalue weighted by Gasteiger charge is -2.25. The summed E-state index contributed by atoms with van der Waals surface area (Å²) in [4.78, 5) is 24.3. The molecular weight excluding hydrogens is 312 g/mol. The maximum Gasteiger partial charge on any atom is 0.348 e. The highest BCUT2D eigenvalue weighted by Gasteiger charge is 2.62. The van der Waals surface area contributed by atoms with Crippen LogP contribution in [0.2, 0.25) is 0 Å². The second-order valence-electron chi connectivity index (χ2n) is 7.50. The van der Waals surface area contributed by atoms with Crippen LogP contribution in [-0.2, 0) is 28.5 Å². The normalized spacial score (nSPS) is 36.0. The van der Waals surface area contributed by atoms with Gasteiger partial charge in [0.1, 0.15) is 12.2 Å². The lowest BCUT2D eigenvalue weighted by atomic mass is 9.90. The average molecular weight is 344 g/mol. The van der Waals surface area contributed by atoms with Gasteiger partial charge in [-0.1, -0.05) is 21.8 Å². The Kier molecular flexibility index (Phi) is 5.78. The fraction of sp³-hybridized carbons (Fsp3) is 0.889. The molecule has 3 aliphatic rings. The third-order valence-electron chi connectivity index (χ3n) is 5.02. The van der Waals surface area contributed by atoms with Crippen molar-refractivity contribution < 1.29 is 28.5 Å². The first-order valence-electron chi connectivity index (χ1n) is 7.92.